The lowest BCUT2D eigenvalue weighted by Gasteiger charge is -2.24. The molecule has 3 rings (SSSR count). The highest BCUT2D eigenvalue weighted by molar-refractivity contribution is 5.69. The van der Waals surface area contributed by atoms with E-state index in [4.69, 9.17) is 4.74 Å². The number of hydrogen-bond donors (Lipinski definition) is 0. The van der Waals surface area contributed by atoms with Crippen LogP contribution in [0.4, 0.5) is 4.79 Å². The smallest absolute Gasteiger partial charge is 0.410 e. The van der Waals surface area contributed by atoms with Gasteiger partial charge in [0.05, 0.1) is 0 Å². The minimum Gasteiger partial charge on any atom is -0.444 e. The van der Waals surface area contributed by atoms with Crippen LogP contribution in [0.15, 0.2) is 60.7 Å². The topological polar surface area (TPSA) is 29.5 Å². The molecule has 0 bridgehead atoms. The Morgan fingerprint density at radius 1 is 0.875 bits per heavy atom. The molecular formula is C21H25NO2. The Kier molecular flexibility index (Phi) is 4.61. The van der Waals surface area contributed by atoms with E-state index in [1.807, 2.05) is 37.8 Å². The molecule has 0 aliphatic carbocycles. The maximum Gasteiger partial charge on any atom is 0.410 e. The molecule has 0 aromatic heterocycles. The third kappa shape index (κ3) is 3.78. The Bertz CT molecular complexity index is 628. The summed E-state index contributed by atoms with van der Waals surface area (Å²) in [5, 5.41) is 0. The van der Waals surface area contributed by atoms with Gasteiger partial charge in [-0.25, -0.2) is 4.79 Å². The number of rotatable bonds is 2. The zero-order valence-electron chi connectivity index (χ0n) is 14.6. The first-order valence-corrected chi connectivity index (χ1v) is 8.52. The molecule has 0 saturated carbocycles. The van der Waals surface area contributed by atoms with E-state index in [-0.39, 0.29) is 6.09 Å². The van der Waals surface area contributed by atoms with Crippen molar-refractivity contribution in [2.45, 2.75) is 38.2 Å². The summed E-state index contributed by atoms with van der Waals surface area (Å²) in [6.07, 6.45) is -0.220. The average Bonchev–Trinajstić information content (AvgIpc) is 3.00. The zero-order valence-corrected chi connectivity index (χ0v) is 14.6. The van der Waals surface area contributed by atoms with E-state index in [0.717, 1.165) is 0 Å². The van der Waals surface area contributed by atoms with Crippen molar-refractivity contribution in [2.75, 3.05) is 13.1 Å². The van der Waals surface area contributed by atoms with Gasteiger partial charge in [0.25, 0.3) is 0 Å². The summed E-state index contributed by atoms with van der Waals surface area (Å²) in [7, 11) is 0. The maximum absolute atomic E-state index is 12.5. The van der Waals surface area contributed by atoms with Gasteiger partial charge in [0, 0.05) is 24.9 Å². The van der Waals surface area contributed by atoms with E-state index in [1.54, 1.807) is 0 Å². The van der Waals surface area contributed by atoms with Crippen molar-refractivity contribution in [2.24, 2.45) is 0 Å². The van der Waals surface area contributed by atoms with E-state index in [0.29, 0.717) is 24.9 Å². The molecule has 0 unspecified atom stereocenters. The molecule has 2 aromatic rings. The lowest BCUT2D eigenvalue weighted by Crippen LogP contribution is -2.35. The zero-order chi connectivity index (χ0) is 17.2. The molecule has 3 heteroatoms. The van der Waals surface area contributed by atoms with E-state index >= 15 is 0 Å². The van der Waals surface area contributed by atoms with Crippen LogP contribution in [-0.2, 0) is 4.74 Å². The number of carbonyl (C=O) groups excluding carboxylic acids is 1. The molecule has 126 valence electrons. The van der Waals surface area contributed by atoms with Crippen LogP contribution >= 0.6 is 0 Å². The van der Waals surface area contributed by atoms with Gasteiger partial charge in [-0.15, -0.1) is 0 Å². The third-order valence-corrected chi connectivity index (χ3v) is 4.43. The van der Waals surface area contributed by atoms with Gasteiger partial charge in [-0.3, -0.25) is 0 Å². The largest absolute Gasteiger partial charge is 0.444 e. The number of hydrogen-bond acceptors (Lipinski definition) is 2. The van der Waals surface area contributed by atoms with Gasteiger partial charge < -0.3 is 9.64 Å². The van der Waals surface area contributed by atoms with Gasteiger partial charge in [0.15, 0.2) is 0 Å². The standard InChI is InChI=1S/C21H25NO2/c1-21(2,3)24-20(23)22-14-18(16-10-6-4-7-11-16)19(15-22)17-12-8-5-9-13-17/h4-13,18-19H,14-15H2,1-3H3/t18-,19-/m0/s1. The van der Waals surface area contributed by atoms with Gasteiger partial charge in [-0.2, -0.15) is 0 Å². The van der Waals surface area contributed by atoms with Crippen molar-refractivity contribution in [3.05, 3.63) is 71.8 Å². The van der Waals surface area contributed by atoms with Crippen molar-refractivity contribution < 1.29 is 9.53 Å². The molecule has 3 nitrogen and oxygen atoms in total. The van der Waals surface area contributed by atoms with Crippen LogP contribution in [0.3, 0.4) is 0 Å². The summed E-state index contributed by atoms with van der Waals surface area (Å²) in [5.41, 5.74) is 2.08. The van der Waals surface area contributed by atoms with E-state index in [2.05, 4.69) is 48.5 Å². The lowest BCUT2D eigenvalue weighted by molar-refractivity contribution is 0.0290. The normalized spacial score (nSPS) is 20.9. The van der Waals surface area contributed by atoms with Crippen molar-refractivity contribution in [1.29, 1.82) is 0 Å². The Labute approximate surface area is 144 Å². The predicted molar refractivity (Wildman–Crippen MR) is 96.2 cm³/mol. The molecule has 0 spiro atoms. The predicted octanol–water partition coefficient (Wildman–Crippen LogP) is 4.80. The molecule has 0 N–H and O–H groups in total. The first-order chi connectivity index (χ1) is 11.4. The number of nitrogens with zero attached hydrogens (tertiary/aromatic N) is 1. The first kappa shape index (κ1) is 16.6. The summed E-state index contributed by atoms with van der Waals surface area (Å²) in [5.74, 6) is 0.585. The molecule has 1 amide bonds. The summed E-state index contributed by atoms with van der Waals surface area (Å²) >= 11 is 0. The lowest BCUT2D eigenvalue weighted by atomic mass is 9.84. The van der Waals surface area contributed by atoms with Gasteiger partial charge in [-0.05, 0) is 31.9 Å². The van der Waals surface area contributed by atoms with E-state index in [9.17, 15) is 4.79 Å². The fraction of sp³-hybridized carbons (Fsp3) is 0.381. The van der Waals surface area contributed by atoms with E-state index < -0.39 is 5.60 Å². The molecule has 2 aromatic carbocycles. The molecule has 1 aliphatic heterocycles. The second kappa shape index (κ2) is 6.68. The minimum atomic E-state index is -0.468. The quantitative estimate of drug-likeness (QED) is 0.794. The number of carbonyl (C=O) groups is 1. The molecule has 2 atom stereocenters. The fourth-order valence-corrected chi connectivity index (χ4v) is 3.36. The monoisotopic (exact) mass is 323 g/mol. The Balaban J connectivity index is 1.86. The van der Waals surface area contributed by atoms with Crippen LogP contribution in [0.5, 0.6) is 0 Å². The molecular weight excluding hydrogens is 298 g/mol. The van der Waals surface area contributed by atoms with Crippen LogP contribution in [0.25, 0.3) is 0 Å². The SMILES string of the molecule is CC(C)(C)OC(=O)N1C[C@@H](c2ccccc2)[C@H](c2ccccc2)C1. The highest BCUT2D eigenvalue weighted by Crippen LogP contribution is 2.40. The van der Waals surface area contributed by atoms with Gasteiger partial charge in [-0.1, -0.05) is 60.7 Å². The number of amides is 1. The highest BCUT2D eigenvalue weighted by Gasteiger charge is 2.38. The first-order valence-electron chi connectivity index (χ1n) is 8.52. The van der Waals surface area contributed by atoms with Crippen LogP contribution in [0.1, 0.15) is 43.7 Å². The molecule has 24 heavy (non-hydrogen) atoms. The van der Waals surface area contributed by atoms with Crippen molar-refractivity contribution in [3.63, 3.8) is 0 Å². The maximum atomic E-state index is 12.5. The Hall–Kier alpha value is -2.29. The van der Waals surface area contributed by atoms with Gasteiger partial charge in [0.1, 0.15) is 5.60 Å². The van der Waals surface area contributed by atoms with E-state index in [1.165, 1.54) is 11.1 Å². The summed E-state index contributed by atoms with van der Waals surface area (Å²) < 4.78 is 5.58. The summed E-state index contributed by atoms with van der Waals surface area (Å²) in [4.78, 5) is 14.4. The van der Waals surface area contributed by atoms with Gasteiger partial charge in [0.2, 0.25) is 0 Å². The van der Waals surface area contributed by atoms with Crippen LogP contribution in [0.2, 0.25) is 0 Å². The van der Waals surface area contributed by atoms with Crippen LogP contribution < -0.4 is 0 Å². The van der Waals surface area contributed by atoms with Crippen LogP contribution in [-0.4, -0.2) is 29.7 Å². The summed E-state index contributed by atoms with van der Waals surface area (Å²) in [6.45, 7) is 7.11. The molecule has 1 saturated heterocycles. The summed E-state index contributed by atoms with van der Waals surface area (Å²) in [6, 6.07) is 20.9. The Morgan fingerprint density at radius 3 is 1.67 bits per heavy atom. The van der Waals surface area contributed by atoms with Crippen molar-refractivity contribution in [1.82, 2.24) is 4.90 Å². The second-order valence-electron chi connectivity index (χ2n) is 7.42. The Morgan fingerprint density at radius 2 is 1.29 bits per heavy atom. The fourth-order valence-electron chi connectivity index (χ4n) is 3.36. The number of benzene rings is 2. The minimum absolute atomic E-state index is 0.220. The second-order valence-corrected chi connectivity index (χ2v) is 7.42. The molecule has 1 fully saturated rings. The molecule has 0 radical (unpaired) electrons. The van der Waals surface area contributed by atoms with Gasteiger partial charge >= 0.3 is 6.09 Å². The number of ether oxygens (including phenoxy) is 1. The molecule has 1 heterocycles. The number of likely N-dealkylation sites (tertiary alicyclic amines) is 1. The average molecular weight is 323 g/mol. The third-order valence-electron chi connectivity index (χ3n) is 4.43. The van der Waals surface area contributed by atoms with Crippen LogP contribution in [0, 0.1) is 0 Å². The highest BCUT2D eigenvalue weighted by atomic mass is 16.6. The molecule has 1 aliphatic rings. The van der Waals surface area contributed by atoms with Crippen molar-refractivity contribution in [3.8, 4) is 0 Å². The van der Waals surface area contributed by atoms with Crippen molar-refractivity contribution >= 4 is 6.09 Å².